The molecule has 0 N–H and O–H groups in total. The van der Waals surface area contributed by atoms with E-state index < -0.39 is 5.97 Å². The van der Waals surface area contributed by atoms with Gasteiger partial charge in [-0.2, -0.15) is 0 Å². The van der Waals surface area contributed by atoms with Crippen LogP contribution in [0.2, 0.25) is 0 Å². The van der Waals surface area contributed by atoms with Crippen LogP contribution in [0.1, 0.15) is 22.3 Å². The molecule has 0 amide bonds. The maximum Gasteiger partial charge on any atom is 0.363 e. The van der Waals surface area contributed by atoms with E-state index in [9.17, 15) is 4.79 Å². The van der Waals surface area contributed by atoms with E-state index in [0.29, 0.717) is 18.3 Å². The molecule has 0 saturated carbocycles. The molecule has 4 nitrogen and oxygen atoms in total. The summed E-state index contributed by atoms with van der Waals surface area (Å²) in [6, 6.07) is 23.2. The van der Waals surface area contributed by atoms with Crippen molar-refractivity contribution in [1.82, 2.24) is 0 Å². The molecule has 3 aromatic carbocycles. The van der Waals surface area contributed by atoms with Crippen molar-refractivity contribution in [2.45, 2.75) is 13.5 Å². The van der Waals surface area contributed by atoms with E-state index in [1.165, 1.54) is 0 Å². The summed E-state index contributed by atoms with van der Waals surface area (Å²) in [5.41, 5.74) is 3.97. The van der Waals surface area contributed by atoms with Crippen LogP contribution in [0, 0.1) is 6.92 Å². The van der Waals surface area contributed by atoms with Gasteiger partial charge in [-0.25, -0.2) is 9.79 Å². The van der Waals surface area contributed by atoms with Gasteiger partial charge in [-0.1, -0.05) is 58.4 Å². The van der Waals surface area contributed by atoms with Crippen molar-refractivity contribution in [3.05, 3.63) is 105 Å². The number of carbonyl (C=O) groups excluding carboxylic acids is 1. The third-order valence-electron chi connectivity index (χ3n) is 4.45. The van der Waals surface area contributed by atoms with Crippen LogP contribution in [0.5, 0.6) is 5.75 Å². The molecule has 0 aromatic heterocycles. The van der Waals surface area contributed by atoms with E-state index in [0.717, 1.165) is 26.7 Å². The molecule has 0 aliphatic carbocycles. The lowest BCUT2D eigenvalue weighted by Gasteiger charge is -2.07. The summed E-state index contributed by atoms with van der Waals surface area (Å²) >= 11 is 3.46. The molecule has 0 saturated heterocycles. The molecule has 0 fully saturated rings. The van der Waals surface area contributed by atoms with Gasteiger partial charge >= 0.3 is 5.97 Å². The molecule has 0 bridgehead atoms. The normalized spacial score (nSPS) is 14.6. The van der Waals surface area contributed by atoms with Gasteiger partial charge in [0.1, 0.15) is 12.4 Å². The number of carbonyl (C=O) groups is 1. The number of hydrogen-bond donors (Lipinski definition) is 0. The minimum Gasteiger partial charge on any atom is -0.489 e. The van der Waals surface area contributed by atoms with E-state index in [2.05, 4.69) is 20.9 Å². The Morgan fingerprint density at radius 2 is 1.86 bits per heavy atom. The Bertz CT molecular complexity index is 1130. The zero-order valence-electron chi connectivity index (χ0n) is 15.8. The second-order valence-electron chi connectivity index (χ2n) is 6.64. The van der Waals surface area contributed by atoms with E-state index in [-0.39, 0.29) is 5.70 Å². The summed E-state index contributed by atoms with van der Waals surface area (Å²) in [6.07, 6.45) is 1.71. The fourth-order valence-electron chi connectivity index (χ4n) is 2.98. The number of nitrogens with zero attached hydrogens (tertiary/aromatic N) is 1. The number of halogens is 1. The van der Waals surface area contributed by atoms with Crippen molar-refractivity contribution in [3.8, 4) is 5.75 Å². The smallest absolute Gasteiger partial charge is 0.363 e. The maximum atomic E-state index is 12.3. The molecule has 1 aliphatic heterocycles. The lowest BCUT2D eigenvalue weighted by Crippen LogP contribution is -2.06. The summed E-state index contributed by atoms with van der Waals surface area (Å²) < 4.78 is 12.3. The van der Waals surface area contributed by atoms with Crippen LogP contribution in [0.15, 0.2) is 88.0 Å². The quantitative estimate of drug-likeness (QED) is 0.373. The Balaban J connectivity index is 1.53. The first-order chi connectivity index (χ1) is 14.1. The number of aryl methyl sites for hydroxylation is 1. The number of aliphatic imine (C=N–C) groups is 1. The zero-order valence-corrected chi connectivity index (χ0v) is 17.3. The van der Waals surface area contributed by atoms with Gasteiger partial charge in [0.05, 0.1) is 0 Å². The third-order valence-corrected chi connectivity index (χ3v) is 4.95. The molecule has 0 atom stereocenters. The molecule has 3 aromatic rings. The molecule has 0 spiro atoms. The second-order valence-corrected chi connectivity index (χ2v) is 7.56. The van der Waals surface area contributed by atoms with Gasteiger partial charge in [0, 0.05) is 10.0 Å². The highest BCUT2D eigenvalue weighted by atomic mass is 79.9. The van der Waals surface area contributed by atoms with Crippen LogP contribution >= 0.6 is 15.9 Å². The lowest BCUT2D eigenvalue weighted by atomic mass is 10.1. The zero-order chi connectivity index (χ0) is 20.2. The van der Waals surface area contributed by atoms with Gasteiger partial charge in [-0.15, -0.1) is 0 Å². The number of hydrogen-bond acceptors (Lipinski definition) is 4. The van der Waals surface area contributed by atoms with Crippen molar-refractivity contribution in [3.63, 3.8) is 0 Å². The first-order valence-corrected chi connectivity index (χ1v) is 9.94. The predicted octanol–water partition coefficient (Wildman–Crippen LogP) is 5.68. The minimum absolute atomic E-state index is 0.271. The minimum atomic E-state index is -0.455. The summed E-state index contributed by atoms with van der Waals surface area (Å²) in [6.45, 7) is 2.41. The van der Waals surface area contributed by atoms with Crippen molar-refractivity contribution in [2.75, 3.05) is 0 Å². The molecular weight excluding hydrogens is 430 g/mol. The predicted molar refractivity (Wildman–Crippen MR) is 117 cm³/mol. The molecule has 4 rings (SSSR count). The Kier molecular flexibility index (Phi) is 5.58. The van der Waals surface area contributed by atoms with Crippen molar-refractivity contribution in [2.24, 2.45) is 4.99 Å². The van der Waals surface area contributed by atoms with Gasteiger partial charge in [0.25, 0.3) is 0 Å². The van der Waals surface area contributed by atoms with Gasteiger partial charge in [-0.05, 0) is 60.0 Å². The fraction of sp³-hybridized carbons (Fsp3) is 0.0833. The van der Waals surface area contributed by atoms with Crippen LogP contribution in [0.25, 0.3) is 6.08 Å². The Hall–Kier alpha value is -3.18. The first-order valence-electron chi connectivity index (χ1n) is 9.14. The molecule has 1 aliphatic rings. The van der Waals surface area contributed by atoms with E-state index in [1.54, 1.807) is 6.08 Å². The second kappa shape index (κ2) is 8.45. The number of benzene rings is 3. The van der Waals surface area contributed by atoms with Crippen LogP contribution in [0.3, 0.4) is 0 Å². The van der Waals surface area contributed by atoms with Gasteiger partial charge in [0.15, 0.2) is 5.70 Å². The number of esters is 1. The summed E-state index contributed by atoms with van der Waals surface area (Å²) in [4.78, 5) is 16.6. The van der Waals surface area contributed by atoms with Crippen molar-refractivity contribution < 1.29 is 14.3 Å². The Morgan fingerprint density at radius 3 is 2.69 bits per heavy atom. The SMILES string of the molecule is Cc1ccccc1C1=N/C(=C\c2cccc(OCc3cccc(Br)c3)c2)C(=O)O1. The van der Waals surface area contributed by atoms with E-state index in [4.69, 9.17) is 9.47 Å². The van der Waals surface area contributed by atoms with Crippen LogP contribution in [-0.2, 0) is 16.1 Å². The average Bonchev–Trinajstić information content (AvgIpc) is 3.07. The third kappa shape index (κ3) is 4.63. The number of rotatable bonds is 5. The molecule has 144 valence electrons. The highest BCUT2D eigenvalue weighted by Gasteiger charge is 2.24. The van der Waals surface area contributed by atoms with Gasteiger partial charge in [-0.3, -0.25) is 0 Å². The highest BCUT2D eigenvalue weighted by Crippen LogP contribution is 2.23. The first kappa shape index (κ1) is 19.2. The lowest BCUT2D eigenvalue weighted by molar-refractivity contribution is -0.129. The van der Waals surface area contributed by atoms with Crippen molar-refractivity contribution in [1.29, 1.82) is 0 Å². The van der Waals surface area contributed by atoms with E-state index in [1.807, 2.05) is 79.7 Å². The molecular formula is C24H18BrNO3. The average molecular weight is 448 g/mol. The number of cyclic esters (lactones) is 1. The molecule has 0 unspecified atom stereocenters. The van der Waals surface area contributed by atoms with Crippen molar-refractivity contribution >= 4 is 33.9 Å². The standard InChI is InChI=1S/C24H18BrNO3/c1-16-6-2-3-11-21(16)23-26-22(24(27)29-23)14-17-7-5-10-20(13-17)28-15-18-8-4-9-19(25)12-18/h2-14H,15H2,1H3/b22-14-. The van der Waals surface area contributed by atoms with Crippen LogP contribution < -0.4 is 4.74 Å². The molecule has 5 heteroatoms. The largest absolute Gasteiger partial charge is 0.489 e. The van der Waals surface area contributed by atoms with Crippen LogP contribution in [0.4, 0.5) is 0 Å². The van der Waals surface area contributed by atoms with E-state index >= 15 is 0 Å². The maximum absolute atomic E-state index is 12.3. The summed E-state index contributed by atoms with van der Waals surface area (Å²) in [5, 5.41) is 0. The monoisotopic (exact) mass is 447 g/mol. The topological polar surface area (TPSA) is 47.9 Å². The highest BCUT2D eigenvalue weighted by molar-refractivity contribution is 9.10. The molecule has 1 heterocycles. The Labute approximate surface area is 177 Å². The Morgan fingerprint density at radius 1 is 1.03 bits per heavy atom. The van der Waals surface area contributed by atoms with Crippen LogP contribution in [-0.4, -0.2) is 11.9 Å². The molecule has 0 radical (unpaired) electrons. The molecule has 29 heavy (non-hydrogen) atoms. The van der Waals surface area contributed by atoms with Gasteiger partial charge in [0.2, 0.25) is 5.90 Å². The number of ether oxygens (including phenoxy) is 2. The fourth-order valence-corrected chi connectivity index (χ4v) is 3.43. The van der Waals surface area contributed by atoms with Gasteiger partial charge < -0.3 is 9.47 Å². The summed E-state index contributed by atoms with van der Waals surface area (Å²) in [5.74, 6) is 0.596. The summed E-state index contributed by atoms with van der Waals surface area (Å²) in [7, 11) is 0.